The van der Waals surface area contributed by atoms with Gasteiger partial charge in [-0.2, -0.15) is 0 Å². The summed E-state index contributed by atoms with van der Waals surface area (Å²) in [6, 6.07) is 12.1. The summed E-state index contributed by atoms with van der Waals surface area (Å²) in [4.78, 5) is 18.4. The molecular weight excluding hydrogens is 290 g/mol. The summed E-state index contributed by atoms with van der Waals surface area (Å²) in [6.45, 7) is 2.00. The Morgan fingerprint density at radius 1 is 1.26 bits per heavy atom. The number of hydrogen-bond acceptors (Lipinski definition) is 4. The third-order valence-corrected chi connectivity index (χ3v) is 3.50. The normalized spacial score (nSPS) is 10.3. The van der Waals surface area contributed by atoms with Gasteiger partial charge in [0.15, 0.2) is 0 Å². The molecule has 0 spiro atoms. The van der Waals surface area contributed by atoms with Crippen LogP contribution in [0.1, 0.15) is 22.3 Å². The number of benzene rings is 1. The van der Waals surface area contributed by atoms with Crippen molar-refractivity contribution in [2.45, 2.75) is 13.0 Å². The largest absolute Gasteiger partial charge is 0.385 e. The lowest BCUT2D eigenvalue weighted by molar-refractivity contribution is 0.0948. The number of rotatable bonds is 8. The van der Waals surface area contributed by atoms with E-state index in [9.17, 15) is 4.79 Å². The Morgan fingerprint density at radius 2 is 2.04 bits per heavy atom. The molecule has 0 atom stereocenters. The summed E-state index contributed by atoms with van der Waals surface area (Å²) >= 11 is 0. The van der Waals surface area contributed by atoms with E-state index in [0.29, 0.717) is 18.7 Å². The zero-order chi connectivity index (χ0) is 16.5. The van der Waals surface area contributed by atoms with E-state index < -0.39 is 0 Å². The Bertz CT molecular complexity index is 617. The highest BCUT2D eigenvalue weighted by Crippen LogP contribution is 2.15. The van der Waals surface area contributed by atoms with Crippen LogP contribution in [-0.4, -0.2) is 38.2 Å². The fraction of sp³-hybridized carbons (Fsp3) is 0.333. The van der Waals surface area contributed by atoms with Gasteiger partial charge in [-0.25, -0.2) is 0 Å². The number of pyridine rings is 1. The number of nitrogens with one attached hydrogen (secondary N) is 1. The first-order chi connectivity index (χ1) is 11.2. The number of nitrogens with zero attached hydrogens (tertiary/aromatic N) is 2. The molecule has 5 heteroatoms. The first kappa shape index (κ1) is 17.0. The highest BCUT2D eigenvalue weighted by Gasteiger charge is 2.09. The first-order valence-corrected chi connectivity index (χ1v) is 7.68. The molecule has 0 aliphatic rings. The topological polar surface area (TPSA) is 54.5 Å². The van der Waals surface area contributed by atoms with E-state index in [4.69, 9.17) is 4.74 Å². The predicted molar refractivity (Wildman–Crippen MR) is 91.6 cm³/mol. The zero-order valence-corrected chi connectivity index (χ0v) is 13.7. The minimum absolute atomic E-state index is 0.108. The lowest BCUT2D eigenvalue weighted by atomic mass is 10.2. The van der Waals surface area contributed by atoms with Gasteiger partial charge in [0.25, 0.3) is 5.91 Å². The van der Waals surface area contributed by atoms with Gasteiger partial charge in [0.05, 0.1) is 17.4 Å². The average molecular weight is 313 g/mol. The molecule has 0 saturated carbocycles. The van der Waals surface area contributed by atoms with Gasteiger partial charge in [0, 0.05) is 40.1 Å². The molecule has 0 aliphatic heterocycles. The summed E-state index contributed by atoms with van der Waals surface area (Å²) in [7, 11) is 3.64. The second-order valence-corrected chi connectivity index (χ2v) is 5.38. The number of hydrogen-bond donors (Lipinski definition) is 1. The zero-order valence-electron chi connectivity index (χ0n) is 13.7. The van der Waals surface area contributed by atoms with Crippen molar-refractivity contribution >= 4 is 11.6 Å². The SMILES string of the molecule is COCCCNC(=O)c1cncc(N(C)Cc2ccccc2)c1. The van der Waals surface area contributed by atoms with Crippen LogP contribution >= 0.6 is 0 Å². The molecule has 0 bridgehead atoms. The van der Waals surface area contributed by atoms with E-state index in [-0.39, 0.29) is 5.91 Å². The van der Waals surface area contributed by atoms with Crippen molar-refractivity contribution < 1.29 is 9.53 Å². The molecule has 2 aromatic rings. The van der Waals surface area contributed by atoms with E-state index in [0.717, 1.165) is 18.7 Å². The minimum atomic E-state index is -0.108. The van der Waals surface area contributed by atoms with E-state index in [1.807, 2.05) is 31.3 Å². The van der Waals surface area contributed by atoms with Gasteiger partial charge < -0.3 is 15.0 Å². The van der Waals surface area contributed by atoms with Crippen molar-refractivity contribution in [3.63, 3.8) is 0 Å². The van der Waals surface area contributed by atoms with Gasteiger partial charge in [-0.3, -0.25) is 9.78 Å². The summed E-state index contributed by atoms with van der Waals surface area (Å²) < 4.78 is 4.97. The van der Waals surface area contributed by atoms with Crippen LogP contribution in [-0.2, 0) is 11.3 Å². The smallest absolute Gasteiger partial charge is 0.252 e. The van der Waals surface area contributed by atoms with Gasteiger partial charge in [0.1, 0.15) is 0 Å². The van der Waals surface area contributed by atoms with E-state index >= 15 is 0 Å². The number of carbonyl (C=O) groups excluding carboxylic acids is 1. The van der Waals surface area contributed by atoms with Crippen LogP contribution in [0.5, 0.6) is 0 Å². The second kappa shape index (κ2) is 8.90. The van der Waals surface area contributed by atoms with Crippen LogP contribution in [0.4, 0.5) is 5.69 Å². The molecule has 23 heavy (non-hydrogen) atoms. The standard InChI is InChI=1S/C18H23N3O2/c1-21(14-15-7-4-3-5-8-15)17-11-16(12-19-13-17)18(22)20-9-6-10-23-2/h3-5,7-8,11-13H,6,9-10,14H2,1-2H3,(H,20,22). The lowest BCUT2D eigenvalue weighted by Crippen LogP contribution is -2.26. The highest BCUT2D eigenvalue weighted by molar-refractivity contribution is 5.94. The minimum Gasteiger partial charge on any atom is -0.385 e. The third kappa shape index (κ3) is 5.38. The van der Waals surface area contributed by atoms with Crippen LogP contribution in [0, 0.1) is 0 Å². The van der Waals surface area contributed by atoms with Crippen molar-refractivity contribution in [2.24, 2.45) is 0 Å². The molecule has 1 N–H and O–H groups in total. The summed E-state index contributed by atoms with van der Waals surface area (Å²) in [5.41, 5.74) is 2.70. The molecule has 0 radical (unpaired) electrons. The van der Waals surface area contributed by atoms with E-state index in [2.05, 4.69) is 27.3 Å². The highest BCUT2D eigenvalue weighted by atomic mass is 16.5. The number of ether oxygens (including phenoxy) is 1. The second-order valence-electron chi connectivity index (χ2n) is 5.38. The van der Waals surface area contributed by atoms with Gasteiger partial charge in [-0.15, -0.1) is 0 Å². The summed E-state index contributed by atoms with van der Waals surface area (Å²) in [5, 5.41) is 2.87. The predicted octanol–water partition coefficient (Wildman–Crippen LogP) is 2.48. The number of methoxy groups -OCH3 is 1. The van der Waals surface area contributed by atoms with Crippen LogP contribution in [0.2, 0.25) is 0 Å². The molecule has 122 valence electrons. The fourth-order valence-electron chi connectivity index (χ4n) is 2.23. The van der Waals surface area contributed by atoms with E-state index in [1.54, 1.807) is 19.5 Å². The molecule has 0 saturated heterocycles. The average Bonchev–Trinajstić information content (AvgIpc) is 2.59. The molecular formula is C18H23N3O2. The summed E-state index contributed by atoms with van der Waals surface area (Å²) in [5.74, 6) is -0.108. The van der Waals surface area contributed by atoms with Crippen molar-refractivity contribution in [3.8, 4) is 0 Å². The number of amides is 1. The Labute approximate surface area is 137 Å². The Hall–Kier alpha value is -2.40. The molecule has 1 heterocycles. The van der Waals surface area contributed by atoms with Crippen molar-refractivity contribution in [1.82, 2.24) is 10.3 Å². The fourth-order valence-corrected chi connectivity index (χ4v) is 2.23. The maximum absolute atomic E-state index is 12.1. The third-order valence-electron chi connectivity index (χ3n) is 3.50. The molecule has 0 aliphatic carbocycles. The molecule has 1 aromatic carbocycles. The molecule has 1 aromatic heterocycles. The van der Waals surface area contributed by atoms with Crippen molar-refractivity contribution in [1.29, 1.82) is 0 Å². The van der Waals surface area contributed by atoms with E-state index in [1.165, 1.54) is 5.56 Å². The van der Waals surface area contributed by atoms with Crippen LogP contribution in [0.3, 0.4) is 0 Å². The quantitative estimate of drug-likeness (QED) is 0.761. The maximum Gasteiger partial charge on any atom is 0.252 e. The van der Waals surface area contributed by atoms with Crippen LogP contribution < -0.4 is 10.2 Å². The lowest BCUT2D eigenvalue weighted by Gasteiger charge is -2.19. The monoisotopic (exact) mass is 313 g/mol. The molecule has 5 nitrogen and oxygen atoms in total. The molecule has 1 amide bonds. The number of carbonyl (C=O) groups is 1. The Kier molecular flexibility index (Phi) is 6.56. The van der Waals surface area contributed by atoms with Crippen LogP contribution in [0.25, 0.3) is 0 Å². The Balaban J connectivity index is 1.97. The molecule has 0 unspecified atom stereocenters. The van der Waals surface area contributed by atoms with Crippen molar-refractivity contribution in [2.75, 3.05) is 32.2 Å². The maximum atomic E-state index is 12.1. The van der Waals surface area contributed by atoms with Crippen LogP contribution in [0.15, 0.2) is 48.8 Å². The molecule has 2 rings (SSSR count). The first-order valence-electron chi connectivity index (χ1n) is 7.68. The number of aromatic nitrogens is 1. The summed E-state index contributed by atoms with van der Waals surface area (Å²) in [6.07, 6.45) is 4.15. The van der Waals surface area contributed by atoms with Gasteiger partial charge in [0.2, 0.25) is 0 Å². The van der Waals surface area contributed by atoms with Gasteiger partial charge in [-0.1, -0.05) is 30.3 Å². The van der Waals surface area contributed by atoms with Gasteiger partial charge in [-0.05, 0) is 18.1 Å². The van der Waals surface area contributed by atoms with Gasteiger partial charge >= 0.3 is 0 Å². The number of anilines is 1. The van der Waals surface area contributed by atoms with Crippen molar-refractivity contribution in [3.05, 3.63) is 59.9 Å². The Morgan fingerprint density at radius 3 is 2.78 bits per heavy atom. The molecule has 0 fully saturated rings.